The number of rotatable bonds is 8. The third kappa shape index (κ3) is 6.89. The van der Waals surface area contributed by atoms with Gasteiger partial charge >= 0.3 is 12.6 Å². The number of hydrogen-bond donors (Lipinski definition) is 2. The lowest BCUT2D eigenvalue weighted by atomic mass is 10.2. The number of imide groups is 1. The molecule has 158 valence electrons. The molecule has 2 N–H and O–H groups in total. The standard InChI is InChI=1S/C20H17F2NO7/c1-28-16-10-12(2-8-15(16)24)3-9-18(26)29-11-17(25)23-19(27)13-4-6-14(7-5-13)30-20(21)22/h2-10,20,24H,11H2,1H3,(H,23,25,27)/b9-3+. The Morgan fingerprint density at radius 1 is 1.13 bits per heavy atom. The van der Waals surface area contributed by atoms with E-state index in [9.17, 15) is 28.3 Å². The van der Waals surface area contributed by atoms with Crippen LogP contribution in [0.5, 0.6) is 17.2 Å². The summed E-state index contributed by atoms with van der Waals surface area (Å²) < 4.78 is 38.0. The molecule has 2 rings (SSSR count). The first-order valence-corrected chi connectivity index (χ1v) is 8.39. The van der Waals surface area contributed by atoms with E-state index in [1.165, 1.54) is 43.5 Å². The van der Waals surface area contributed by atoms with Crippen molar-refractivity contribution < 1.29 is 42.5 Å². The number of phenols is 1. The zero-order valence-electron chi connectivity index (χ0n) is 15.6. The highest BCUT2D eigenvalue weighted by Gasteiger charge is 2.13. The Balaban J connectivity index is 1.82. The van der Waals surface area contributed by atoms with E-state index in [1.807, 2.05) is 5.32 Å². The molecule has 0 heterocycles. The Morgan fingerprint density at radius 3 is 2.47 bits per heavy atom. The summed E-state index contributed by atoms with van der Waals surface area (Å²) in [5.41, 5.74) is 0.568. The van der Waals surface area contributed by atoms with Gasteiger partial charge in [-0.1, -0.05) is 6.07 Å². The van der Waals surface area contributed by atoms with Crippen LogP contribution in [0.2, 0.25) is 0 Å². The maximum Gasteiger partial charge on any atom is 0.387 e. The van der Waals surface area contributed by atoms with E-state index < -0.39 is 31.0 Å². The van der Waals surface area contributed by atoms with Crippen molar-refractivity contribution in [1.82, 2.24) is 5.32 Å². The second kappa shape index (κ2) is 10.6. The van der Waals surface area contributed by atoms with Gasteiger partial charge in [0.05, 0.1) is 7.11 Å². The molecule has 0 spiro atoms. The van der Waals surface area contributed by atoms with Crippen molar-refractivity contribution in [1.29, 1.82) is 0 Å². The van der Waals surface area contributed by atoms with E-state index in [0.717, 1.165) is 18.2 Å². The number of benzene rings is 2. The molecule has 10 heteroatoms. The van der Waals surface area contributed by atoms with E-state index in [1.54, 1.807) is 0 Å². The topological polar surface area (TPSA) is 111 Å². The number of amides is 2. The predicted molar refractivity (Wildman–Crippen MR) is 100 cm³/mol. The first-order chi connectivity index (χ1) is 14.3. The van der Waals surface area contributed by atoms with Crippen LogP contribution in [0.15, 0.2) is 48.5 Å². The molecule has 8 nitrogen and oxygen atoms in total. The molecule has 0 saturated carbocycles. The number of ether oxygens (including phenoxy) is 3. The number of carbonyl (C=O) groups excluding carboxylic acids is 3. The van der Waals surface area contributed by atoms with Crippen LogP contribution < -0.4 is 14.8 Å². The molecule has 0 radical (unpaired) electrons. The molecule has 0 aliphatic heterocycles. The van der Waals surface area contributed by atoms with E-state index in [4.69, 9.17) is 9.47 Å². The van der Waals surface area contributed by atoms with Crippen LogP contribution in [-0.2, 0) is 14.3 Å². The third-order valence-corrected chi connectivity index (χ3v) is 3.56. The van der Waals surface area contributed by atoms with E-state index in [2.05, 4.69) is 4.74 Å². The summed E-state index contributed by atoms with van der Waals surface area (Å²) in [7, 11) is 1.38. The minimum Gasteiger partial charge on any atom is -0.504 e. The molecule has 2 aromatic carbocycles. The van der Waals surface area contributed by atoms with Gasteiger partial charge in [0.1, 0.15) is 5.75 Å². The number of aromatic hydroxyl groups is 1. The molecule has 0 aliphatic carbocycles. The highest BCUT2D eigenvalue weighted by molar-refractivity contribution is 6.05. The van der Waals surface area contributed by atoms with Crippen LogP contribution >= 0.6 is 0 Å². The third-order valence-electron chi connectivity index (χ3n) is 3.56. The van der Waals surface area contributed by atoms with E-state index in [0.29, 0.717) is 5.56 Å². The fourth-order valence-corrected chi connectivity index (χ4v) is 2.17. The van der Waals surface area contributed by atoms with Crippen molar-refractivity contribution in [2.45, 2.75) is 6.61 Å². The lowest BCUT2D eigenvalue weighted by Crippen LogP contribution is -2.34. The molecule has 2 amide bonds. The monoisotopic (exact) mass is 421 g/mol. The fraction of sp³-hybridized carbons (Fsp3) is 0.150. The minimum atomic E-state index is -2.99. The molecule has 0 fully saturated rings. The SMILES string of the molecule is COc1cc(/C=C/C(=O)OCC(=O)NC(=O)c2ccc(OC(F)F)cc2)ccc1O. The van der Waals surface area contributed by atoms with Gasteiger partial charge in [0.25, 0.3) is 11.8 Å². The zero-order chi connectivity index (χ0) is 22.1. The molecule has 0 unspecified atom stereocenters. The number of phenolic OH excluding ortho intramolecular Hbond substituents is 1. The van der Waals surface area contributed by atoms with Gasteiger partial charge in [0, 0.05) is 11.6 Å². The molecule has 0 aliphatic rings. The smallest absolute Gasteiger partial charge is 0.387 e. The second-order valence-electron chi connectivity index (χ2n) is 5.65. The van der Waals surface area contributed by atoms with Gasteiger partial charge in [0.2, 0.25) is 0 Å². The van der Waals surface area contributed by atoms with Crippen LogP contribution in [0.3, 0.4) is 0 Å². The van der Waals surface area contributed by atoms with Gasteiger partial charge in [-0.25, -0.2) is 4.79 Å². The zero-order valence-corrected chi connectivity index (χ0v) is 15.6. The Hall–Kier alpha value is -3.95. The average molecular weight is 421 g/mol. The van der Waals surface area contributed by atoms with Crippen molar-refractivity contribution in [3.63, 3.8) is 0 Å². The molecular formula is C20H17F2NO7. The normalized spacial score (nSPS) is 10.7. The number of methoxy groups -OCH3 is 1. The number of halogens is 2. The van der Waals surface area contributed by atoms with Crippen LogP contribution in [0.1, 0.15) is 15.9 Å². The van der Waals surface area contributed by atoms with Gasteiger partial charge < -0.3 is 19.3 Å². The number of carbonyl (C=O) groups is 3. The molecule has 2 aromatic rings. The lowest BCUT2D eigenvalue weighted by Gasteiger charge is -2.07. The van der Waals surface area contributed by atoms with Gasteiger partial charge in [-0.05, 0) is 48.0 Å². The highest BCUT2D eigenvalue weighted by Crippen LogP contribution is 2.26. The summed E-state index contributed by atoms with van der Waals surface area (Å²) >= 11 is 0. The molecule has 30 heavy (non-hydrogen) atoms. The lowest BCUT2D eigenvalue weighted by molar-refractivity contribution is -0.143. The average Bonchev–Trinajstić information content (AvgIpc) is 2.71. The Labute approximate surface area is 169 Å². The van der Waals surface area contributed by atoms with Crippen molar-refractivity contribution in [3.8, 4) is 17.2 Å². The molecule has 0 saturated heterocycles. The summed E-state index contributed by atoms with van der Waals surface area (Å²) in [5, 5.41) is 11.5. The van der Waals surface area contributed by atoms with Crippen molar-refractivity contribution in [2.24, 2.45) is 0 Å². The van der Waals surface area contributed by atoms with Crippen molar-refractivity contribution >= 4 is 23.9 Å². The van der Waals surface area contributed by atoms with Gasteiger partial charge in [0.15, 0.2) is 18.1 Å². The minimum absolute atomic E-state index is 0.0254. The second-order valence-corrected chi connectivity index (χ2v) is 5.65. The first-order valence-electron chi connectivity index (χ1n) is 8.39. The molecule has 0 bridgehead atoms. The predicted octanol–water partition coefficient (Wildman–Crippen LogP) is 2.52. The van der Waals surface area contributed by atoms with Crippen LogP contribution in [0.25, 0.3) is 6.08 Å². The summed E-state index contributed by atoms with van der Waals surface area (Å²) in [4.78, 5) is 35.4. The van der Waals surface area contributed by atoms with E-state index >= 15 is 0 Å². The summed E-state index contributed by atoms with van der Waals surface area (Å²) in [6.07, 6.45) is 2.44. The number of alkyl halides is 2. The molecular weight excluding hydrogens is 404 g/mol. The number of hydrogen-bond acceptors (Lipinski definition) is 7. The maximum absolute atomic E-state index is 12.1. The summed E-state index contributed by atoms with van der Waals surface area (Å²) in [6, 6.07) is 9.09. The first kappa shape index (κ1) is 22.3. The number of nitrogens with one attached hydrogen (secondary N) is 1. The van der Waals surface area contributed by atoms with Crippen molar-refractivity contribution in [2.75, 3.05) is 13.7 Å². The molecule has 0 atom stereocenters. The summed E-state index contributed by atoms with van der Waals surface area (Å²) in [6.45, 7) is -3.70. The van der Waals surface area contributed by atoms with Crippen LogP contribution in [0, 0.1) is 0 Å². The Morgan fingerprint density at radius 2 is 1.83 bits per heavy atom. The van der Waals surface area contributed by atoms with Gasteiger partial charge in [-0.2, -0.15) is 8.78 Å². The van der Waals surface area contributed by atoms with E-state index in [-0.39, 0.29) is 22.8 Å². The van der Waals surface area contributed by atoms with Gasteiger partial charge in [-0.15, -0.1) is 0 Å². The van der Waals surface area contributed by atoms with Crippen molar-refractivity contribution in [3.05, 3.63) is 59.7 Å². The largest absolute Gasteiger partial charge is 0.504 e. The highest BCUT2D eigenvalue weighted by atomic mass is 19.3. The maximum atomic E-state index is 12.1. The van der Waals surface area contributed by atoms with Crippen LogP contribution in [-0.4, -0.2) is 43.2 Å². The van der Waals surface area contributed by atoms with Crippen LogP contribution in [0.4, 0.5) is 8.78 Å². The van der Waals surface area contributed by atoms with Gasteiger partial charge in [-0.3, -0.25) is 14.9 Å². The Kier molecular flexibility index (Phi) is 7.86. The summed E-state index contributed by atoms with van der Waals surface area (Å²) in [5.74, 6) is -2.49. The quantitative estimate of drug-likeness (QED) is 0.498. The molecule has 0 aromatic heterocycles. The Bertz CT molecular complexity index is 943. The fourth-order valence-electron chi connectivity index (χ4n) is 2.17. The number of esters is 1.